The van der Waals surface area contributed by atoms with E-state index in [2.05, 4.69) is 22.1 Å². The van der Waals surface area contributed by atoms with Crippen LogP contribution in [0.15, 0.2) is 6.20 Å². The summed E-state index contributed by atoms with van der Waals surface area (Å²) in [5, 5.41) is 4.90. The second kappa shape index (κ2) is 6.33. The van der Waals surface area contributed by atoms with Crippen LogP contribution in [-0.2, 0) is 0 Å². The van der Waals surface area contributed by atoms with Crippen molar-refractivity contribution < 1.29 is 0 Å². The van der Waals surface area contributed by atoms with E-state index in [0.717, 1.165) is 11.8 Å². The monoisotopic (exact) mass is 279 g/mol. The highest BCUT2D eigenvalue weighted by molar-refractivity contribution is 7.11. The summed E-state index contributed by atoms with van der Waals surface area (Å²) in [6.45, 7) is 8.44. The summed E-state index contributed by atoms with van der Waals surface area (Å²) in [6, 6.07) is 0. The van der Waals surface area contributed by atoms with Gasteiger partial charge in [-0.3, -0.25) is 0 Å². The number of aryl methyl sites for hydroxylation is 1. The predicted molar refractivity (Wildman–Crippen MR) is 80.9 cm³/mol. The van der Waals surface area contributed by atoms with Crippen molar-refractivity contribution in [2.45, 2.75) is 38.5 Å². The number of aromatic nitrogens is 1. The van der Waals surface area contributed by atoms with Crippen LogP contribution in [0.4, 0.5) is 0 Å². The zero-order chi connectivity index (χ0) is 13.1. The fraction of sp³-hybridized carbons (Fsp3) is 0.800. The Morgan fingerprint density at radius 3 is 2.84 bits per heavy atom. The van der Waals surface area contributed by atoms with Gasteiger partial charge in [-0.25, -0.2) is 4.98 Å². The Balaban J connectivity index is 1.46. The van der Waals surface area contributed by atoms with E-state index in [4.69, 9.17) is 0 Å². The molecule has 2 aliphatic heterocycles. The molecule has 3 rings (SSSR count). The van der Waals surface area contributed by atoms with E-state index in [0.29, 0.717) is 0 Å². The van der Waals surface area contributed by atoms with Crippen LogP contribution in [0.3, 0.4) is 0 Å². The molecule has 2 fully saturated rings. The minimum absolute atomic E-state index is 0.722. The SMILES string of the molecule is Cc1cnc(C2CCN(CC3CCCNC3)CC2)s1. The van der Waals surface area contributed by atoms with Crippen molar-refractivity contribution in [2.24, 2.45) is 5.92 Å². The highest BCUT2D eigenvalue weighted by Crippen LogP contribution is 2.31. The van der Waals surface area contributed by atoms with Crippen LogP contribution in [0.2, 0.25) is 0 Å². The lowest BCUT2D eigenvalue weighted by molar-refractivity contribution is 0.169. The van der Waals surface area contributed by atoms with E-state index in [-0.39, 0.29) is 0 Å². The molecule has 1 aromatic rings. The minimum Gasteiger partial charge on any atom is -0.316 e. The third-order valence-corrected chi connectivity index (χ3v) is 5.57. The Morgan fingerprint density at radius 2 is 2.21 bits per heavy atom. The van der Waals surface area contributed by atoms with Gasteiger partial charge in [-0.2, -0.15) is 0 Å². The maximum absolute atomic E-state index is 4.57. The second-order valence-electron chi connectivity index (χ2n) is 6.10. The summed E-state index contributed by atoms with van der Waals surface area (Å²) in [5.74, 6) is 1.60. The first-order chi connectivity index (χ1) is 9.31. The molecule has 106 valence electrons. The highest BCUT2D eigenvalue weighted by atomic mass is 32.1. The Hall–Kier alpha value is -0.450. The summed E-state index contributed by atoms with van der Waals surface area (Å²) < 4.78 is 0. The van der Waals surface area contributed by atoms with Gasteiger partial charge in [0.15, 0.2) is 0 Å². The highest BCUT2D eigenvalue weighted by Gasteiger charge is 2.24. The fourth-order valence-electron chi connectivity index (χ4n) is 3.37. The largest absolute Gasteiger partial charge is 0.316 e. The molecule has 2 aliphatic rings. The number of nitrogens with one attached hydrogen (secondary N) is 1. The Labute approximate surface area is 120 Å². The molecular formula is C15H25N3S. The molecule has 3 heterocycles. The maximum atomic E-state index is 4.57. The van der Waals surface area contributed by atoms with E-state index in [1.807, 2.05) is 17.5 Å². The number of piperidine rings is 2. The minimum atomic E-state index is 0.722. The Morgan fingerprint density at radius 1 is 1.37 bits per heavy atom. The number of likely N-dealkylation sites (tertiary alicyclic amines) is 1. The smallest absolute Gasteiger partial charge is 0.0959 e. The van der Waals surface area contributed by atoms with Crippen molar-refractivity contribution in [1.82, 2.24) is 15.2 Å². The quantitative estimate of drug-likeness (QED) is 0.922. The van der Waals surface area contributed by atoms with Crippen molar-refractivity contribution in [3.8, 4) is 0 Å². The molecule has 3 nitrogen and oxygen atoms in total. The van der Waals surface area contributed by atoms with E-state index >= 15 is 0 Å². The lowest BCUT2D eigenvalue weighted by Crippen LogP contribution is -2.41. The number of hydrogen-bond acceptors (Lipinski definition) is 4. The van der Waals surface area contributed by atoms with E-state index < -0.39 is 0 Å². The molecule has 0 amide bonds. The van der Waals surface area contributed by atoms with Crippen LogP contribution in [-0.4, -0.2) is 42.6 Å². The Bertz CT molecular complexity index is 390. The van der Waals surface area contributed by atoms with Gasteiger partial charge in [0, 0.05) is 23.5 Å². The number of thiazole rings is 1. The second-order valence-corrected chi connectivity index (χ2v) is 7.36. The van der Waals surface area contributed by atoms with Gasteiger partial charge in [-0.05, 0) is 64.7 Å². The summed E-state index contributed by atoms with van der Waals surface area (Å²) in [6.07, 6.45) is 7.40. The fourth-order valence-corrected chi connectivity index (χ4v) is 4.31. The standard InChI is InChI=1S/C15H25N3S/c1-12-9-17-15(19-12)14-4-7-18(8-5-14)11-13-3-2-6-16-10-13/h9,13-14,16H,2-8,10-11H2,1H3. The topological polar surface area (TPSA) is 28.2 Å². The third kappa shape index (κ3) is 3.56. The molecule has 0 bridgehead atoms. The first-order valence-corrected chi connectivity index (χ1v) is 8.48. The first-order valence-electron chi connectivity index (χ1n) is 7.66. The maximum Gasteiger partial charge on any atom is 0.0959 e. The first kappa shape index (κ1) is 13.5. The normalized spacial score (nSPS) is 26.7. The van der Waals surface area contributed by atoms with Gasteiger partial charge < -0.3 is 10.2 Å². The molecule has 0 radical (unpaired) electrons. The zero-order valence-electron chi connectivity index (χ0n) is 11.9. The van der Waals surface area contributed by atoms with Crippen LogP contribution >= 0.6 is 11.3 Å². The molecule has 1 aromatic heterocycles. The molecule has 2 saturated heterocycles. The lowest BCUT2D eigenvalue weighted by Gasteiger charge is -2.35. The van der Waals surface area contributed by atoms with Crippen LogP contribution in [0.5, 0.6) is 0 Å². The molecular weight excluding hydrogens is 254 g/mol. The van der Waals surface area contributed by atoms with Gasteiger partial charge in [0.05, 0.1) is 5.01 Å². The van der Waals surface area contributed by atoms with E-state index in [1.165, 1.54) is 68.3 Å². The molecule has 4 heteroatoms. The van der Waals surface area contributed by atoms with Gasteiger partial charge in [0.2, 0.25) is 0 Å². The average molecular weight is 279 g/mol. The van der Waals surface area contributed by atoms with Crippen molar-refractivity contribution in [2.75, 3.05) is 32.7 Å². The van der Waals surface area contributed by atoms with Gasteiger partial charge in [-0.15, -0.1) is 11.3 Å². The Kier molecular flexibility index (Phi) is 4.51. The predicted octanol–water partition coefficient (Wildman–Crippen LogP) is 2.63. The van der Waals surface area contributed by atoms with E-state index in [9.17, 15) is 0 Å². The van der Waals surface area contributed by atoms with Crippen molar-refractivity contribution >= 4 is 11.3 Å². The van der Waals surface area contributed by atoms with Crippen LogP contribution < -0.4 is 5.32 Å². The van der Waals surface area contributed by atoms with E-state index in [1.54, 1.807) is 0 Å². The molecule has 0 aliphatic carbocycles. The molecule has 19 heavy (non-hydrogen) atoms. The summed E-state index contributed by atoms with van der Waals surface area (Å²) in [4.78, 5) is 8.60. The summed E-state index contributed by atoms with van der Waals surface area (Å²) in [7, 11) is 0. The molecule has 1 unspecified atom stereocenters. The zero-order valence-corrected chi connectivity index (χ0v) is 12.7. The molecule has 0 aromatic carbocycles. The van der Waals surface area contributed by atoms with Crippen LogP contribution in [0.1, 0.15) is 41.5 Å². The number of hydrogen-bond donors (Lipinski definition) is 1. The third-order valence-electron chi connectivity index (χ3n) is 4.49. The van der Waals surface area contributed by atoms with Crippen molar-refractivity contribution in [1.29, 1.82) is 0 Å². The van der Waals surface area contributed by atoms with Gasteiger partial charge in [-0.1, -0.05) is 0 Å². The van der Waals surface area contributed by atoms with Gasteiger partial charge in [0.25, 0.3) is 0 Å². The molecule has 0 spiro atoms. The van der Waals surface area contributed by atoms with Crippen molar-refractivity contribution in [3.63, 3.8) is 0 Å². The van der Waals surface area contributed by atoms with Gasteiger partial charge in [0.1, 0.15) is 0 Å². The average Bonchev–Trinajstić information content (AvgIpc) is 2.87. The molecule has 0 saturated carbocycles. The number of rotatable bonds is 3. The summed E-state index contributed by atoms with van der Waals surface area (Å²) in [5.41, 5.74) is 0. The van der Waals surface area contributed by atoms with Crippen molar-refractivity contribution in [3.05, 3.63) is 16.1 Å². The molecule has 1 atom stereocenters. The lowest BCUT2D eigenvalue weighted by atomic mass is 9.94. The van der Waals surface area contributed by atoms with Gasteiger partial charge >= 0.3 is 0 Å². The molecule has 1 N–H and O–H groups in total. The summed E-state index contributed by atoms with van der Waals surface area (Å²) >= 11 is 1.89. The number of nitrogens with zero attached hydrogens (tertiary/aromatic N) is 2. The van der Waals surface area contributed by atoms with Crippen LogP contribution in [0.25, 0.3) is 0 Å². The van der Waals surface area contributed by atoms with Crippen LogP contribution in [0, 0.1) is 12.8 Å².